The van der Waals surface area contributed by atoms with Crippen LogP contribution in [0.2, 0.25) is 0 Å². The fourth-order valence-electron chi connectivity index (χ4n) is 3.45. The lowest BCUT2D eigenvalue weighted by Gasteiger charge is -2.33. The Bertz CT molecular complexity index is 499. The van der Waals surface area contributed by atoms with E-state index in [0.717, 1.165) is 38.8 Å². The van der Waals surface area contributed by atoms with E-state index in [2.05, 4.69) is 34.4 Å². The summed E-state index contributed by atoms with van der Waals surface area (Å²) in [7, 11) is 0. The van der Waals surface area contributed by atoms with Gasteiger partial charge in [0, 0.05) is 44.3 Å². The van der Waals surface area contributed by atoms with Gasteiger partial charge in [0.05, 0.1) is 6.10 Å². The number of nitrogens with one attached hydrogen (secondary N) is 2. The first-order valence-electron chi connectivity index (χ1n) is 9.48. The van der Waals surface area contributed by atoms with Gasteiger partial charge in [-0.15, -0.1) is 0 Å². The van der Waals surface area contributed by atoms with Gasteiger partial charge in [-0.2, -0.15) is 0 Å². The summed E-state index contributed by atoms with van der Waals surface area (Å²) in [5.41, 5.74) is 1.22. The molecule has 2 amide bonds. The number of aliphatic hydroxyl groups excluding tert-OH is 1. The van der Waals surface area contributed by atoms with Crippen molar-refractivity contribution in [1.82, 2.24) is 15.6 Å². The molecule has 0 radical (unpaired) electrons. The van der Waals surface area contributed by atoms with E-state index in [1.807, 2.05) is 24.5 Å². The SMILES string of the molecule is CCC(CC)C(O)CNC(=O)NCC1CCN(c2ccncc2)CC1. The van der Waals surface area contributed by atoms with Gasteiger partial charge in [-0.05, 0) is 36.8 Å². The average molecular weight is 348 g/mol. The zero-order chi connectivity index (χ0) is 18.1. The van der Waals surface area contributed by atoms with Crippen LogP contribution in [0.3, 0.4) is 0 Å². The molecule has 1 atom stereocenters. The Labute approximate surface area is 151 Å². The van der Waals surface area contributed by atoms with Crippen molar-refractivity contribution in [2.24, 2.45) is 11.8 Å². The maximum absolute atomic E-state index is 11.9. The third kappa shape index (κ3) is 6.20. The standard InChI is InChI=1S/C19H32N4O2/c1-3-16(4-2)18(24)14-22-19(25)21-13-15-7-11-23(12-8-15)17-5-9-20-10-6-17/h5-6,9-10,15-16,18,24H,3-4,7-8,11-14H2,1-2H3,(H2,21,22,25). The molecule has 0 saturated carbocycles. The summed E-state index contributed by atoms with van der Waals surface area (Å²) >= 11 is 0. The predicted octanol–water partition coefficient (Wildman–Crippen LogP) is 2.39. The highest BCUT2D eigenvalue weighted by Crippen LogP contribution is 2.22. The maximum Gasteiger partial charge on any atom is 0.314 e. The van der Waals surface area contributed by atoms with Crippen molar-refractivity contribution >= 4 is 11.7 Å². The van der Waals surface area contributed by atoms with Crippen LogP contribution in [0.15, 0.2) is 24.5 Å². The summed E-state index contributed by atoms with van der Waals surface area (Å²) in [6.45, 7) is 7.15. The quantitative estimate of drug-likeness (QED) is 0.674. The molecule has 1 saturated heterocycles. The fraction of sp³-hybridized carbons (Fsp3) is 0.684. The van der Waals surface area contributed by atoms with Crippen LogP contribution in [0.4, 0.5) is 10.5 Å². The molecule has 25 heavy (non-hydrogen) atoms. The molecule has 1 aliphatic heterocycles. The van der Waals surface area contributed by atoms with Crippen molar-refractivity contribution in [1.29, 1.82) is 0 Å². The van der Waals surface area contributed by atoms with Gasteiger partial charge in [-0.3, -0.25) is 4.98 Å². The molecule has 0 spiro atoms. The largest absolute Gasteiger partial charge is 0.391 e. The van der Waals surface area contributed by atoms with E-state index in [1.165, 1.54) is 5.69 Å². The molecular formula is C19H32N4O2. The molecule has 140 valence electrons. The van der Waals surface area contributed by atoms with Crippen LogP contribution in [0.5, 0.6) is 0 Å². The first-order valence-corrected chi connectivity index (χ1v) is 9.48. The molecule has 6 nitrogen and oxygen atoms in total. The van der Waals surface area contributed by atoms with Crippen molar-refractivity contribution in [3.05, 3.63) is 24.5 Å². The van der Waals surface area contributed by atoms with E-state index >= 15 is 0 Å². The van der Waals surface area contributed by atoms with Gasteiger partial charge < -0.3 is 20.6 Å². The van der Waals surface area contributed by atoms with E-state index in [9.17, 15) is 9.90 Å². The molecule has 1 aromatic rings. The number of anilines is 1. The van der Waals surface area contributed by atoms with Gasteiger partial charge in [0.25, 0.3) is 0 Å². The molecule has 1 fully saturated rings. The molecule has 2 heterocycles. The van der Waals surface area contributed by atoms with Gasteiger partial charge in [-0.1, -0.05) is 26.7 Å². The highest BCUT2D eigenvalue weighted by molar-refractivity contribution is 5.73. The molecule has 1 aliphatic rings. The van der Waals surface area contributed by atoms with Crippen LogP contribution in [-0.4, -0.2) is 48.4 Å². The van der Waals surface area contributed by atoms with Gasteiger partial charge >= 0.3 is 6.03 Å². The number of aliphatic hydroxyl groups is 1. The summed E-state index contributed by atoms with van der Waals surface area (Å²) in [4.78, 5) is 18.3. The zero-order valence-corrected chi connectivity index (χ0v) is 15.4. The highest BCUT2D eigenvalue weighted by Gasteiger charge is 2.20. The Morgan fingerprint density at radius 1 is 1.24 bits per heavy atom. The molecule has 1 aromatic heterocycles. The lowest BCUT2D eigenvalue weighted by molar-refractivity contribution is 0.103. The van der Waals surface area contributed by atoms with Crippen LogP contribution in [0.25, 0.3) is 0 Å². The van der Waals surface area contributed by atoms with Gasteiger partial charge in [0.15, 0.2) is 0 Å². The molecular weight excluding hydrogens is 316 g/mol. The van der Waals surface area contributed by atoms with Crippen LogP contribution >= 0.6 is 0 Å². The Morgan fingerprint density at radius 3 is 2.48 bits per heavy atom. The zero-order valence-electron chi connectivity index (χ0n) is 15.4. The predicted molar refractivity (Wildman–Crippen MR) is 101 cm³/mol. The minimum Gasteiger partial charge on any atom is -0.391 e. The summed E-state index contributed by atoms with van der Waals surface area (Å²) < 4.78 is 0. The third-order valence-electron chi connectivity index (χ3n) is 5.26. The number of amides is 2. The molecule has 0 aliphatic carbocycles. The number of hydrogen-bond donors (Lipinski definition) is 3. The molecule has 3 N–H and O–H groups in total. The van der Waals surface area contributed by atoms with Crippen molar-refractivity contribution in [2.45, 2.75) is 45.6 Å². The molecule has 0 bridgehead atoms. The van der Waals surface area contributed by atoms with Crippen molar-refractivity contribution in [2.75, 3.05) is 31.1 Å². The number of rotatable bonds is 8. The highest BCUT2D eigenvalue weighted by atomic mass is 16.3. The van der Waals surface area contributed by atoms with Crippen LogP contribution in [-0.2, 0) is 0 Å². The van der Waals surface area contributed by atoms with Crippen LogP contribution < -0.4 is 15.5 Å². The number of piperidine rings is 1. The Hall–Kier alpha value is -1.82. The minimum atomic E-state index is -0.468. The smallest absolute Gasteiger partial charge is 0.314 e. The minimum absolute atomic E-state index is 0.179. The number of urea groups is 1. The Balaban J connectivity index is 1.63. The summed E-state index contributed by atoms with van der Waals surface area (Å²) in [5.74, 6) is 0.755. The number of carbonyl (C=O) groups is 1. The maximum atomic E-state index is 11.9. The topological polar surface area (TPSA) is 77.5 Å². The van der Waals surface area contributed by atoms with Crippen molar-refractivity contribution < 1.29 is 9.90 Å². The van der Waals surface area contributed by atoms with Gasteiger partial charge in [0.2, 0.25) is 0 Å². The second kappa shape index (κ2) is 10.2. The Kier molecular flexibility index (Phi) is 7.98. The van der Waals surface area contributed by atoms with E-state index in [4.69, 9.17) is 0 Å². The number of hydrogen-bond acceptors (Lipinski definition) is 4. The first-order chi connectivity index (χ1) is 12.1. The number of carbonyl (C=O) groups excluding carboxylic acids is 1. The number of aromatic nitrogens is 1. The van der Waals surface area contributed by atoms with Gasteiger partial charge in [0.1, 0.15) is 0 Å². The molecule has 2 rings (SSSR count). The van der Waals surface area contributed by atoms with Gasteiger partial charge in [-0.25, -0.2) is 4.79 Å². The molecule has 1 unspecified atom stereocenters. The Morgan fingerprint density at radius 2 is 1.88 bits per heavy atom. The third-order valence-corrected chi connectivity index (χ3v) is 5.26. The van der Waals surface area contributed by atoms with E-state index in [0.29, 0.717) is 19.0 Å². The second-order valence-corrected chi connectivity index (χ2v) is 6.87. The molecule has 0 aromatic carbocycles. The van der Waals surface area contributed by atoms with E-state index in [-0.39, 0.29) is 11.9 Å². The fourth-order valence-corrected chi connectivity index (χ4v) is 3.45. The normalized spacial score (nSPS) is 16.7. The summed E-state index contributed by atoms with van der Waals surface area (Å²) in [6, 6.07) is 3.90. The lowest BCUT2D eigenvalue weighted by Crippen LogP contribution is -2.44. The van der Waals surface area contributed by atoms with E-state index in [1.54, 1.807) is 0 Å². The van der Waals surface area contributed by atoms with Crippen molar-refractivity contribution in [3.8, 4) is 0 Å². The molecule has 6 heteroatoms. The number of nitrogens with zero attached hydrogens (tertiary/aromatic N) is 2. The summed E-state index contributed by atoms with van der Waals surface area (Å²) in [5, 5.41) is 15.8. The lowest BCUT2D eigenvalue weighted by atomic mass is 9.96. The second-order valence-electron chi connectivity index (χ2n) is 6.87. The summed E-state index contributed by atoms with van der Waals surface area (Å²) in [6.07, 6.45) is 7.17. The number of pyridine rings is 1. The van der Waals surface area contributed by atoms with Crippen molar-refractivity contribution in [3.63, 3.8) is 0 Å². The average Bonchev–Trinajstić information content (AvgIpc) is 2.67. The van der Waals surface area contributed by atoms with Crippen LogP contribution in [0.1, 0.15) is 39.5 Å². The van der Waals surface area contributed by atoms with Crippen LogP contribution in [0, 0.1) is 11.8 Å². The first kappa shape index (κ1) is 19.5. The van der Waals surface area contributed by atoms with E-state index < -0.39 is 6.10 Å². The monoisotopic (exact) mass is 348 g/mol.